The average Bonchev–Trinajstić information content (AvgIpc) is 2.29. The van der Waals surface area contributed by atoms with Gasteiger partial charge in [0.15, 0.2) is 0 Å². The summed E-state index contributed by atoms with van der Waals surface area (Å²) in [4.78, 5) is 11.8. The topological polar surface area (TPSA) is 17.1 Å². The fourth-order valence-electron chi connectivity index (χ4n) is 3.73. The minimum atomic E-state index is 0.0434. The van der Waals surface area contributed by atoms with Crippen LogP contribution in [0.4, 0.5) is 0 Å². The van der Waals surface area contributed by atoms with Crippen LogP contribution in [0.3, 0.4) is 0 Å². The van der Waals surface area contributed by atoms with E-state index in [1.165, 1.54) is 12.8 Å². The van der Waals surface area contributed by atoms with Gasteiger partial charge in [0, 0.05) is 11.8 Å². The van der Waals surface area contributed by atoms with Crippen LogP contribution in [0.15, 0.2) is 0 Å². The molecule has 0 heterocycles. The van der Waals surface area contributed by atoms with Crippen LogP contribution in [0, 0.1) is 16.7 Å². The summed E-state index contributed by atoms with van der Waals surface area (Å²) in [5, 5.41) is 0. The molecule has 2 atom stereocenters. The molecular weight excluding hydrogens is 160 g/mol. The maximum Gasteiger partial charge on any atom is 0.139 e. The van der Waals surface area contributed by atoms with Gasteiger partial charge in [0.1, 0.15) is 5.78 Å². The monoisotopic (exact) mass is 180 g/mol. The Labute approximate surface area is 80.9 Å². The minimum absolute atomic E-state index is 0.0434. The first-order chi connectivity index (χ1) is 5.97. The highest BCUT2D eigenvalue weighted by Crippen LogP contribution is 2.57. The maximum absolute atomic E-state index is 11.8. The predicted octanol–water partition coefficient (Wildman–Crippen LogP) is 3.18. The van der Waals surface area contributed by atoms with Gasteiger partial charge in [-0.1, -0.05) is 27.2 Å². The Kier molecular flexibility index (Phi) is 1.84. The van der Waals surface area contributed by atoms with Gasteiger partial charge in [-0.25, -0.2) is 0 Å². The fraction of sp³-hybridized carbons (Fsp3) is 0.917. The zero-order valence-electron chi connectivity index (χ0n) is 9.02. The van der Waals surface area contributed by atoms with Crippen molar-refractivity contribution in [3.05, 3.63) is 0 Å². The summed E-state index contributed by atoms with van der Waals surface area (Å²) in [5.74, 6) is 1.19. The minimum Gasteiger partial charge on any atom is -0.299 e. The summed E-state index contributed by atoms with van der Waals surface area (Å²) in [6.45, 7) is 6.88. The van der Waals surface area contributed by atoms with Crippen LogP contribution in [0.25, 0.3) is 0 Å². The van der Waals surface area contributed by atoms with Crippen LogP contribution in [-0.4, -0.2) is 5.78 Å². The zero-order valence-corrected chi connectivity index (χ0v) is 9.02. The second kappa shape index (κ2) is 2.59. The molecule has 2 aliphatic rings. The van der Waals surface area contributed by atoms with Gasteiger partial charge in [-0.2, -0.15) is 0 Å². The molecule has 0 saturated heterocycles. The van der Waals surface area contributed by atoms with Crippen molar-refractivity contribution in [2.75, 3.05) is 0 Å². The summed E-state index contributed by atoms with van der Waals surface area (Å²) < 4.78 is 0. The van der Waals surface area contributed by atoms with E-state index in [0.29, 0.717) is 17.1 Å². The molecule has 1 nitrogen and oxygen atoms in total. The molecular formula is C12H20O. The lowest BCUT2D eigenvalue weighted by molar-refractivity contribution is -0.130. The van der Waals surface area contributed by atoms with Crippen LogP contribution < -0.4 is 0 Å². The van der Waals surface area contributed by atoms with Gasteiger partial charge < -0.3 is 0 Å². The molecule has 0 unspecified atom stereocenters. The van der Waals surface area contributed by atoms with Crippen LogP contribution in [0.5, 0.6) is 0 Å². The summed E-state index contributed by atoms with van der Waals surface area (Å²) >= 11 is 0. The Hall–Kier alpha value is -0.330. The van der Waals surface area contributed by atoms with Crippen molar-refractivity contribution in [3.63, 3.8) is 0 Å². The molecule has 13 heavy (non-hydrogen) atoms. The van der Waals surface area contributed by atoms with Crippen molar-refractivity contribution in [1.82, 2.24) is 0 Å². The van der Waals surface area contributed by atoms with E-state index < -0.39 is 0 Å². The first-order valence-electron chi connectivity index (χ1n) is 5.50. The molecule has 0 aliphatic heterocycles. The standard InChI is InChI=1S/C12H20O/c1-11(2)7-4-8-12(3)9(11)5-6-10(12)13/h9H,4-8H2,1-3H3/t9-,12-/m1/s1. The van der Waals surface area contributed by atoms with Gasteiger partial charge in [-0.3, -0.25) is 4.79 Å². The van der Waals surface area contributed by atoms with Gasteiger partial charge in [0.25, 0.3) is 0 Å². The van der Waals surface area contributed by atoms with Crippen molar-refractivity contribution in [2.45, 2.75) is 52.9 Å². The van der Waals surface area contributed by atoms with E-state index in [9.17, 15) is 4.79 Å². The van der Waals surface area contributed by atoms with Crippen LogP contribution >= 0.6 is 0 Å². The highest BCUT2D eigenvalue weighted by atomic mass is 16.1. The molecule has 0 aromatic heterocycles. The number of carbonyl (C=O) groups is 1. The average molecular weight is 180 g/mol. The Bertz CT molecular complexity index is 242. The zero-order chi connectivity index (χ0) is 9.69. The normalized spacial score (nSPS) is 43.3. The molecule has 0 N–H and O–H groups in total. The predicted molar refractivity (Wildman–Crippen MR) is 53.5 cm³/mol. The largest absolute Gasteiger partial charge is 0.299 e. The van der Waals surface area contributed by atoms with Gasteiger partial charge >= 0.3 is 0 Å². The molecule has 0 aromatic carbocycles. The molecule has 1 heteroatoms. The fourth-order valence-corrected chi connectivity index (χ4v) is 3.73. The van der Waals surface area contributed by atoms with E-state index in [2.05, 4.69) is 20.8 Å². The number of Topliss-reactive ketones (excluding diaryl/α,β-unsaturated/α-hetero) is 1. The summed E-state index contributed by atoms with van der Waals surface area (Å²) in [5.41, 5.74) is 0.445. The number of carbonyl (C=O) groups excluding carboxylic acids is 1. The third kappa shape index (κ3) is 1.16. The summed E-state index contributed by atoms with van der Waals surface area (Å²) in [6.07, 6.45) is 5.67. The molecule has 74 valence electrons. The number of ketones is 1. The van der Waals surface area contributed by atoms with Crippen molar-refractivity contribution >= 4 is 5.78 Å². The summed E-state index contributed by atoms with van der Waals surface area (Å²) in [7, 11) is 0. The van der Waals surface area contributed by atoms with E-state index in [-0.39, 0.29) is 5.41 Å². The van der Waals surface area contributed by atoms with Crippen LogP contribution in [-0.2, 0) is 4.79 Å². The molecule has 2 fully saturated rings. The first-order valence-corrected chi connectivity index (χ1v) is 5.50. The smallest absolute Gasteiger partial charge is 0.139 e. The van der Waals surface area contributed by atoms with Gasteiger partial charge in [0.05, 0.1) is 0 Å². The molecule has 2 rings (SSSR count). The van der Waals surface area contributed by atoms with Gasteiger partial charge in [-0.15, -0.1) is 0 Å². The van der Waals surface area contributed by atoms with Gasteiger partial charge in [-0.05, 0) is 30.6 Å². The van der Waals surface area contributed by atoms with Crippen molar-refractivity contribution in [2.24, 2.45) is 16.7 Å². The molecule has 2 aliphatic carbocycles. The number of fused-ring (bicyclic) bond motifs is 1. The SMILES string of the molecule is CC1(C)CCC[C@@]2(C)C(=O)CC[C@H]12. The van der Waals surface area contributed by atoms with E-state index in [4.69, 9.17) is 0 Å². The number of rotatable bonds is 0. The number of hydrogen-bond acceptors (Lipinski definition) is 1. The van der Waals surface area contributed by atoms with Crippen LogP contribution in [0.1, 0.15) is 52.9 Å². The van der Waals surface area contributed by atoms with Crippen LogP contribution in [0.2, 0.25) is 0 Å². The van der Waals surface area contributed by atoms with E-state index in [1.807, 2.05) is 0 Å². The third-order valence-electron chi connectivity index (χ3n) is 4.53. The number of hydrogen-bond donors (Lipinski definition) is 0. The molecule has 0 spiro atoms. The summed E-state index contributed by atoms with van der Waals surface area (Å²) in [6, 6.07) is 0. The maximum atomic E-state index is 11.8. The Morgan fingerprint density at radius 2 is 1.92 bits per heavy atom. The quantitative estimate of drug-likeness (QED) is 0.559. The molecule has 0 bridgehead atoms. The van der Waals surface area contributed by atoms with E-state index in [0.717, 1.165) is 19.3 Å². The molecule has 0 aromatic rings. The van der Waals surface area contributed by atoms with E-state index >= 15 is 0 Å². The first kappa shape index (κ1) is 9.23. The Morgan fingerprint density at radius 1 is 1.23 bits per heavy atom. The highest BCUT2D eigenvalue weighted by Gasteiger charge is 2.53. The third-order valence-corrected chi connectivity index (χ3v) is 4.53. The van der Waals surface area contributed by atoms with E-state index in [1.54, 1.807) is 0 Å². The highest BCUT2D eigenvalue weighted by molar-refractivity contribution is 5.87. The molecule has 0 amide bonds. The second-order valence-corrected chi connectivity index (χ2v) is 5.77. The van der Waals surface area contributed by atoms with Crippen molar-refractivity contribution in [3.8, 4) is 0 Å². The lowest BCUT2D eigenvalue weighted by Gasteiger charge is -2.46. The van der Waals surface area contributed by atoms with Gasteiger partial charge in [0.2, 0.25) is 0 Å². The van der Waals surface area contributed by atoms with Crippen molar-refractivity contribution < 1.29 is 4.79 Å². The Morgan fingerprint density at radius 3 is 2.54 bits per heavy atom. The molecule has 2 saturated carbocycles. The molecule has 0 radical (unpaired) electrons. The lowest BCUT2D eigenvalue weighted by Crippen LogP contribution is -2.41. The second-order valence-electron chi connectivity index (χ2n) is 5.77. The van der Waals surface area contributed by atoms with Crippen molar-refractivity contribution in [1.29, 1.82) is 0 Å². The lowest BCUT2D eigenvalue weighted by atomic mass is 9.58. The Balaban J connectivity index is 2.34.